The summed E-state index contributed by atoms with van der Waals surface area (Å²) in [4.78, 5) is 28.7. The lowest BCUT2D eigenvalue weighted by atomic mass is 9.96. The van der Waals surface area contributed by atoms with Gasteiger partial charge < -0.3 is 14.9 Å². The smallest absolute Gasteiger partial charge is 0.320 e. The van der Waals surface area contributed by atoms with E-state index in [1.54, 1.807) is 16.7 Å². The van der Waals surface area contributed by atoms with Gasteiger partial charge in [0, 0.05) is 39.8 Å². The number of piperazine rings is 1. The van der Waals surface area contributed by atoms with E-state index in [-0.39, 0.29) is 11.4 Å². The van der Waals surface area contributed by atoms with Crippen LogP contribution in [0.15, 0.2) is 0 Å². The molecule has 1 aliphatic rings. The molecule has 0 aliphatic carbocycles. The van der Waals surface area contributed by atoms with Crippen LogP contribution in [-0.4, -0.2) is 77.6 Å². The quantitative estimate of drug-likeness (QED) is 0.845. The highest BCUT2D eigenvalue weighted by atomic mass is 16.4. The van der Waals surface area contributed by atoms with Crippen LogP contribution in [0.1, 0.15) is 27.7 Å². The second-order valence-corrected chi connectivity index (χ2v) is 6.74. The van der Waals surface area contributed by atoms with Crippen LogP contribution in [-0.2, 0) is 4.79 Å². The van der Waals surface area contributed by atoms with Gasteiger partial charge in [-0.2, -0.15) is 0 Å². The zero-order valence-electron chi connectivity index (χ0n) is 13.2. The summed E-state index contributed by atoms with van der Waals surface area (Å²) in [6.45, 7) is 11.1. The fourth-order valence-electron chi connectivity index (χ4n) is 2.48. The molecule has 1 atom stereocenters. The first-order valence-electron chi connectivity index (χ1n) is 7.09. The lowest BCUT2D eigenvalue weighted by Crippen LogP contribution is -2.55. The standard InChI is InChI=1S/C14H27N3O3/c1-11(12(18)19)16-6-8-17(9-7-16)13(20)15(5)10-14(2,3)4/h11H,6-10H2,1-5H3,(H,18,19). The van der Waals surface area contributed by atoms with Gasteiger partial charge in [-0.15, -0.1) is 0 Å². The van der Waals surface area contributed by atoms with Gasteiger partial charge >= 0.3 is 12.0 Å². The molecule has 0 aromatic carbocycles. The van der Waals surface area contributed by atoms with E-state index in [9.17, 15) is 9.59 Å². The number of carbonyl (C=O) groups excluding carboxylic acids is 1. The van der Waals surface area contributed by atoms with E-state index in [0.717, 1.165) is 0 Å². The van der Waals surface area contributed by atoms with Crippen molar-refractivity contribution in [3.63, 3.8) is 0 Å². The van der Waals surface area contributed by atoms with Crippen molar-refractivity contribution in [1.29, 1.82) is 0 Å². The highest BCUT2D eigenvalue weighted by Gasteiger charge is 2.29. The number of hydrogen-bond acceptors (Lipinski definition) is 3. The largest absolute Gasteiger partial charge is 0.480 e. The molecule has 1 rings (SSSR count). The summed E-state index contributed by atoms with van der Waals surface area (Å²) in [6.07, 6.45) is 0. The Morgan fingerprint density at radius 2 is 1.70 bits per heavy atom. The summed E-state index contributed by atoms with van der Waals surface area (Å²) >= 11 is 0. The normalized spacial score (nSPS) is 18.8. The van der Waals surface area contributed by atoms with Crippen LogP contribution in [0.3, 0.4) is 0 Å². The number of hydrogen-bond donors (Lipinski definition) is 1. The molecule has 116 valence electrons. The Kier molecular flexibility index (Phi) is 5.39. The zero-order chi connectivity index (χ0) is 15.5. The van der Waals surface area contributed by atoms with Crippen LogP contribution in [0, 0.1) is 5.41 Å². The third kappa shape index (κ3) is 4.67. The first-order chi connectivity index (χ1) is 9.11. The SMILES string of the molecule is CC(C(=O)O)N1CCN(C(=O)N(C)CC(C)(C)C)CC1. The van der Waals surface area contributed by atoms with E-state index in [0.29, 0.717) is 32.7 Å². The van der Waals surface area contributed by atoms with Gasteiger partial charge in [0.1, 0.15) is 6.04 Å². The molecule has 1 N–H and O–H groups in total. The van der Waals surface area contributed by atoms with Gasteiger partial charge in [-0.05, 0) is 12.3 Å². The fourth-order valence-corrected chi connectivity index (χ4v) is 2.48. The summed E-state index contributed by atoms with van der Waals surface area (Å²) in [6, 6.07) is -0.456. The molecule has 1 unspecified atom stereocenters. The van der Waals surface area contributed by atoms with Crippen molar-refractivity contribution in [2.24, 2.45) is 5.41 Å². The Hall–Kier alpha value is -1.30. The molecule has 0 aromatic rings. The summed E-state index contributed by atoms with van der Waals surface area (Å²) in [5, 5.41) is 8.99. The van der Waals surface area contributed by atoms with Gasteiger partial charge in [0.2, 0.25) is 0 Å². The molecule has 0 saturated carbocycles. The van der Waals surface area contributed by atoms with E-state index >= 15 is 0 Å². The second kappa shape index (κ2) is 6.43. The summed E-state index contributed by atoms with van der Waals surface area (Å²) in [5.41, 5.74) is 0.0735. The Labute approximate surface area is 121 Å². The Balaban J connectivity index is 2.49. The van der Waals surface area contributed by atoms with Crippen molar-refractivity contribution < 1.29 is 14.7 Å². The molecule has 0 radical (unpaired) electrons. The number of nitrogens with zero attached hydrogens (tertiary/aromatic N) is 3. The molecule has 1 aliphatic heterocycles. The van der Waals surface area contributed by atoms with Crippen molar-refractivity contribution >= 4 is 12.0 Å². The monoisotopic (exact) mass is 285 g/mol. The Bertz CT molecular complexity index is 357. The first-order valence-corrected chi connectivity index (χ1v) is 7.09. The van der Waals surface area contributed by atoms with Crippen LogP contribution >= 0.6 is 0 Å². The van der Waals surface area contributed by atoms with E-state index < -0.39 is 12.0 Å². The van der Waals surface area contributed by atoms with Crippen molar-refractivity contribution in [2.75, 3.05) is 39.8 Å². The van der Waals surface area contributed by atoms with Crippen molar-refractivity contribution in [2.45, 2.75) is 33.7 Å². The van der Waals surface area contributed by atoms with Gasteiger partial charge in [0.05, 0.1) is 0 Å². The maximum Gasteiger partial charge on any atom is 0.320 e. The lowest BCUT2D eigenvalue weighted by Gasteiger charge is -2.39. The lowest BCUT2D eigenvalue weighted by molar-refractivity contribution is -0.143. The zero-order valence-corrected chi connectivity index (χ0v) is 13.2. The molecule has 1 heterocycles. The molecule has 1 fully saturated rings. The number of urea groups is 1. The van der Waals surface area contributed by atoms with Crippen molar-refractivity contribution in [3.8, 4) is 0 Å². The van der Waals surface area contributed by atoms with Gasteiger partial charge in [0.15, 0.2) is 0 Å². The molecule has 2 amide bonds. The molecular formula is C14H27N3O3. The predicted octanol–water partition coefficient (Wildman–Crippen LogP) is 1.17. The number of carboxylic acid groups (broad SMARTS) is 1. The van der Waals surface area contributed by atoms with E-state index in [1.807, 2.05) is 11.9 Å². The van der Waals surface area contributed by atoms with E-state index in [2.05, 4.69) is 20.8 Å². The molecule has 20 heavy (non-hydrogen) atoms. The minimum atomic E-state index is -0.811. The number of carboxylic acids is 1. The summed E-state index contributed by atoms with van der Waals surface area (Å²) < 4.78 is 0. The van der Waals surface area contributed by atoms with Gasteiger partial charge in [-0.25, -0.2) is 4.79 Å². The minimum Gasteiger partial charge on any atom is -0.480 e. The van der Waals surface area contributed by atoms with Crippen LogP contribution in [0.2, 0.25) is 0 Å². The minimum absolute atomic E-state index is 0.0301. The molecular weight excluding hydrogens is 258 g/mol. The maximum absolute atomic E-state index is 12.3. The predicted molar refractivity (Wildman–Crippen MR) is 77.7 cm³/mol. The maximum atomic E-state index is 12.3. The van der Waals surface area contributed by atoms with Crippen LogP contribution < -0.4 is 0 Å². The summed E-state index contributed by atoms with van der Waals surface area (Å²) in [5.74, 6) is -0.811. The molecule has 0 bridgehead atoms. The van der Waals surface area contributed by atoms with Crippen LogP contribution in [0.4, 0.5) is 4.79 Å². The fraction of sp³-hybridized carbons (Fsp3) is 0.857. The third-order valence-electron chi connectivity index (χ3n) is 3.53. The number of carbonyl (C=O) groups is 2. The van der Waals surface area contributed by atoms with E-state index in [4.69, 9.17) is 5.11 Å². The topological polar surface area (TPSA) is 64.1 Å². The molecule has 0 aromatic heterocycles. The highest BCUT2D eigenvalue weighted by Crippen LogP contribution is 2.16. The van der Waals surface area contributed by atoms with Crippen molar-refractivity contribution in [3.05, 3.63) is 0 Å². The Morgan fingerprint density at radius 1 is 1.20 bits per heavy atom. The number of amides is 2. The average Bonchev–Trinajstić information content (AvgIpc) is 2.35. The van der Waals surface area contributed by atoms with Gasteiger partial charge in [-0.3, -0.25) is 9.69 Å². The van der Waals surface area contributed by atoms with Crippen LogP contribution in [0.5, 0.6) is 0 Å². The first kappa shape index (κ1) is 16.8. The molecule has 0 spiro atoms. The van der Waals surface area contributed by atoms with Gasteiger partial charge in [0.25, 0.3) is 0 Å². The molecule has 6 heteroatoms. The highest BCUT2D eigenvalue weighted by molar-refractivity contribution is 5.75. The average molecular weight is 285 g/mol. The number of rotatable bonds is 3. The van der Waals surface area contributed by atoms with E-state index in [1.165, 1.54) is 0 Å². The molecule has 1 saturated heterocycles. The van der Waals surface area contributed by atoms with Crippen LogP contribution in [0.25, 0.3) is 0 Å². The van der Waals surface area contributed by atoms with Gasteiger partial charge in [-0.1, -0.05) is 20.8 Å². The molecule has 6 nitrogen and oxygen atoms in total. The summed E-state index contributed by atoms with van der Waals surface area (Å²) in [7, 11) is 1.82. The second-order valence-electron chi connectivity index (χ2n) is 6.74. The van der Waals surface area contributed by atoms with Crippen molar-refractivity contribution in [1.82, 2.24) is 14.7 Å². The third-order valence-corrected chi connectivity index (χ3v) is 3.53. The number of aliphatic carboxylic acids is 1. The Morgan fingerprint density at radius 3 is 2.10 bits per heavy atom.